The van der Waals surface area contributed by atoms with Crippen LogP contribution in [-0.4, -0.2) is 63.6 Å². The van der Waals surface area contributed by atoms with Gasteiger partial charge >= 0.3 is 5.97 Å². The van der Waals surface area contributed by atoms with E-state index in [-0.39, 0.29) is 5.56 Å². The fraction of sp³-hybridized carbons (Fsp3) is 0.667. The van der Waals surface area contributed by atoms with Crippen LogP contribution in [0, 0.1) is 0 Å². The van der Waals surface area contributed by atoms with E-state index in [2.05, 4.69) is 40.5 Å². The lowest BCUT2D eigenvalue weighted by Gasteiger charge is -2.23. The van der Waals surface area contributed by atoms with E-state index in [0.29, 0.717) is 12.2 Å². The first-order chi connectivity index (χ1) is 10.1. The molecule has 0 radical (unpaired) electrons. The summed E-state index contributed by atoms with van der Waals surface area (Å²) in [7, 11) is 0. The first kappa shape index (κ1) is 17.5. The van der Waals surface area contributed by atoms with Gasteiger partial charge in [0.05, 0.1) is 5.69 Å². The van der Waals surface area contributed by atoms with E-state index in [4.69, 9.17) is 5.11 Å². The van der Waals surface area contributed by atoms with E-state index in [1.54, 1.807) is 0 Å². The third-order valence-corrected chi connectivity index (χ3v) is 3.69. The lowest BCUT2D eigenvalue weighted by molar-refractivity contribution is 0.0693. The number of rotatable bonds is 10. The van der Waals surface area contributed by atoms with E-state index in [9.17, 15) is 4.79 Å². The van der Waals surface area contributed by atoms with Gasteiger partial charge in [-0.05, 0) is 39.1 Å². The van der Waals surface area contributed by atoms with Crippen molar-refractivity contribution in [3.8, 4) is 0 Å². The molecule has 21 heavy (non-hydrogen) atoms. The summed E-state index contributed by atoms with van der Waals surface area (Å²) in [5.41, 5.74) is 0.780. The topological polar surface area (TPSA) is 69.6 Å². The van der Waals surface area contributed by atoms with Crippen LogP contribution in [0.5, 0.6) is 0 Å². The molecule has 1 heterocycles. The van der Waals surface area contributed by atoms with Crippen molar-refractivity contribution in [1.82, 2.24) is 19.8 Å². The second kappa shape index (κ2) is 9.41. The van der Waals surface area contributed by atoms with Gasteiger partial charge in [-0.25, -0.2) is 14.8 Å². The Morgan fingerprint density at radius 1 is 1.14 bits per heavy atom. The molecule has 6 nitrogen and oxygen atoms in total. The summed E-state index contributed by atoms with van der Waals surface area (Å²) in [4.78, 5) is 23.7. The Labute approximate surface area is 126 Å². The van der Waals surface area contributed by atoms with Gasteiger partial charge in [0, 0.05) is 12.7 Å². The minimum atomic E-state index is -0.968. The maximum absolute atomic E-state index is 11.2. The molecule has 1 rings (SSSR count). The number of hydrogen-bond donors (Lipinski definition) is 1. The first-order valence-corrected chi connectivity index (χ1v) is 7.59. The standard InChI is InChI=1S/C15H26N4O2/c1-4-18(5-2)8-7-9-19(6-3)11-14-13(15(20)21)10-16-12-17-14/h10,12H,4-9,11H2,1-3H3,(H,20,21). The Morgan fingerprint density at radius 2 is 1.76 bits per heavy atom. The normalized spacial score (nSPS) is 11.3. The smallest absolute Gasteiger partial charge is 0.339 e. The Morgan fingerprint density at radius 3 is 2.33 bits per heavy atom. The highest BCUT2D eigenvalue weighted by Gasteiger charge is 2.14. The molecule has 0 amide bonds. The van der Waals surface area contributed by atoms with Crippen molar-refractivity contribution < 1.29 is 9.90 Å². The van der Waals surface area contributed by atoms with E-state index in [1.807, 2.05) is 0 Å². The third kappa shape index (κ3) is 5.77. The molecule has 0 aliphatic carbocycles. The summed E-state index contributed by atoms with van der Waals surface area (Å²) in [6.07, 6.45) is 3.85. The number of carboxylic acids is 1. The highest BCUT2D eigenvalue weighted by Crippen LogP contribution is 2.08. The van der Waals surface area contributed by atoms with Crippen LogP contribution in [0.1, 0.15) is 43.2 Å². The van der Waals surface area contributed by atoms with Crippen LogP contribution >= 0.6 is 0 Å². The minimum Gasteiger partial charge on any atom is -0.478 e. The summed E-state index contributed by atoms with van der Waals surface area (Å²) in [6.45, 7) is 12.0. The van der Waals surface area contributed by atoms with Gasteiger partial charge in [-0.2, -0.15) is 0 Å². The average Bonchev–Trinajstić information content (AvgIpc) is 2.50. The number of carboxylic acid groups (broad SMARTS) is 1. The second-order valence-electron chi connectivity index (χ2n) is 4.94. The molecule has 0 bridgehead atoms. The Balaban J connectivity index is 2.56. The first-order valence-electron chi connectivity index (χ1n) is 7.59. The van der Waals surface area contributed by atoms with Crippen LogP contribution in [-0.2, 0) is 6.54 Å². The van der Waals surface area contributed by atoms with Crippen molar-refractivity contribution in [1.29, 1.82) is 0 Å². The molecule has 0 atom stereocenters. The molecule has 118 valence electrons. The van der Waals surface area contributed by atoms with E-state index >= 15 is 0 Å². The number of aromatic carboxylic acids is 1. The highest BCUT2D eigenvalue weighted by molar-refractivity contribution is 5.88. The summed E-state index contributed by atoms with van der Waals surface area (Å²) < 4.78 is 0. The average molecular weight is 294 g/mol. The summed E-state index contributed by atoms with van der Waals surface area (Å²) >= 11 is 0. The molecule has 1 aromatic rings. The zero-order valence-electron chi connectivity index (χ0n) is 13.2. The zero-order chi connectivity index (χ0) is 15.7. The van der Waals surface area contributed by atoms with Gasteiger partial charge in [-0.1, -0.05) is 20.8 Å². The predicted molar refractivity (Wildman–Crippen MR) is 82.3 cm³/mol. The lowest BCUT2D eigenvalue weighted by atomic mass is 10.2. The van der Waals surface area contributed by atoms with Crippen molar-refractivity contribution >= 4 is 5.97 Å². The van der Waals surface area contributed by atoms with Crippen molar-refractivity contribution in [2.24, 2.45) is 0 Å². The van der Waals surface area contributed by atoms with Gasteiger partial charge in [-0.3, -0.25) is 4.90 Å². The molecular weight excluding hydrogens is 268 g/mol. The Kier molecular flexibility index (Phi) is 7.85. The maximum Gasteiger partial charge on any atom is 0.339 e. The van der Waals surface area contributed by atoms with Crippen molar-refractivity contribution in [2.75, 3.05) is 32.7 Å². The van der Waals surface area contributed by atoms with Gasteiger partial charge in [0.2, 0.25) is 0 Å². The summed E-state index contributed by atoms with van der Waals surface area (Å²) in [6, 6.07) is 0. The van der Waals surface area contributed by atoms with Crippen LogP contribution in [0.4, 0.5) is 0 Å². The molecule has 0 aromatic carbocycles. The Bertz CT molecular complexity index is 435. The molecule has 6 heteroatoms. The van der Waals surface area contributed by atoms with Crippen molar-refractivity contribution in [2.45, 2.75) is 33.7 Å². The number of hydrogen-bond acceptors (Lipinski definition) is 5. The SMILES string of the molecule is CCN(CC)CCCN(CC)Cc1ncncc1C(=O)O. The van der Waals surface area contributed by atoms with Gasteiger partial charge in [0.25, 0.3) is 0 Å². The second-order valence-corrected chi connectivity index (χ2v) is 4.94. The van der Waals surface area contributed by atoms with Gasteiger partial charge in [0.1, 0.15) is 11.9 Å². The van der Waals surface area contributed by atoms with E-state index < -0.39 is 5.97 Å². The van der Waals surface area contributed by atoms with Crippen LogP contribution in [0.25, 0.3) is 0 Å². The molecular formula is C15H26N4O2. The molecule has 0 fully saturated rings. The number of nitrogens with zero attached hydrogens (tertiary/aromatic N) is 4. The molecule has 0 spiro atoms. The van der Waals surface area contributed by atoms with E-state index in [0.717, 1.165) is 39.1 Å². The monoisotopic (exact) mass is 294 g/mol. The Hall–Kier alpha value is -1.53. The number of carbonyl (C=O) groups is 1. The van der Waals surface area contributed by atoms with Gasteiger partial charge in [0.15, 0.2) is 0 Å². The molecule has 1 N–H and O–H groups in total. The quantitative estimate of drug-likeness (QED) is 0.708. The fourth-order valence-corrected chi connectivity index (χ4v) is 2.28. The van der Waals surface area contributed by atoms with Crippen molar-refractivity contribution in [3.63, 3.8) is 0 Å². The van der Waals surface area contributed by atoms with Gasteiger partial charge in [-0.15, -0.1) is 0 Å². The van der Waals surface area contributed by atoms with Crippen LogP contribution in [0.15, 0.2) is 12.5 Å². The molecule has 0 saturated heterocycles. The van der Waals surface area contributed by atoms with Gasteiger partial charge < -0.3 is 10.0 Å². The summed E-state index contributed by atoms with van der Waals surface area (Å²) in [5.74, 6) is -0.968. The van der Waals surface area contributed by atoms with Crippen LogP contribution in [0.2, 0.25) is 0 Å². The van der Waals surface area contributed by atoms with Crippen molar-refractivity contribution in [3.05, 3.63) is 23.8 Å². The highest BCUT2D eigenvalue weighted by atomic mass is 16.4. The van der Waals surface area contributed by atoms with E-state index in [1.165, 1.54) is 12.5 Å². The number of aromatic nitrogens is 2. The molecule has 1 aromatic heterocycles. The fourth-order valence-electron chi connectivity index (χ4n) is 2.28. The largest absolute Gasteiger partial charge is 0.478 e. The minimum absolute atomic E-state index is 0.194. The molecule has 0 aliphatic heterocycles. The summed E-state index contributed by atoms with van der Waals surface area (Å²) in [5, 5.41) is 9.16. The molecule has 0 saturated carbocycles. The van der Waals surface area contributed by atoms with Crippen LogP contribution in [0.3, 0.4) is 0 Å². The zero-order valence-corrected chi connectivity index (χ0v) is 13.2. The third-order valence-electron chi connectivity index (χ3n) is 3.69. The predicted octanol–water partition coefficient (Wildman–Crippen LogP) is 1.73. The maximum atomic E-state index is 11.2. The molecule has 0 unspecified atom stereocenters. The lowest BCUT2D eigenvalue weighted by Crippen LogP contribution is -2.30. The molecule has 0 aliphatic rings. The van der Waals surface area contributed by atoms with Crippen LogP contribution < -0.4 is 0 Å².